The smallest absolute Gasteiger partial charge is 0.244 e. The monoisotopic (exact) mass is 298 g/mol. The zero-order valence-corrected chi connectivity index (χ0v) is 12.9. The number of piperidine rings is 1. The van der Waals surface area contributed by atoms with Gasteiger partial charge >= 0.3 is 0 Å². The van der Waals surface area contributed by atoms with Crippen LogP contribution >= 0.6 is 0 Å². The summed E-state index contributed by atoms with van der Waals surface area (Å²) in [5, 5.41) is 4.23. The summed E-state index contributed by atoms with van der Waals surface area (Å²) < 4.78 is 1.93. The van der Waals surface area contributed by atoms with Crippen molar-refractivity contribution in [3.05, 3.63) is 53.9 Å². The number of amides is 1. The van der Waals surface area contributed by atoms with Crippen molar-refractivity contribution in [1.82, 2.24) is 14.7 Å². The third-order valence-electron chi connectivity index (χ3n) is 4.51. The summed E-state index contributed by atoms with van der Waals surface area (Å²) in [6.45, 7) is 1.52. The number of carbonyl (C=O) groups excluding carboxylic acids is 1. The van der Waals surface area contributed by atoms with Crippen LogP contribution in [0.3, 0.4) is 0 Å². The van der Waals surface area contributed by atoms with E-state index in [-0.39, 0.29) is 5.91 Å². The highest BCUT2D eigenvalue weighted by Gasteiger charge is 2.28. The van der Waals surface area contributed by atoms with Gasteiger partial charge in [0.25, 0.3) is 0 Å². The molecule has 0 unspecified atom stereocenters. The SMILES string of the molecule is Cn1nccc1C1CCN(C(=O)[C@@H](N)c2ccccc2)CC1. The zero-order valence-electron chi connectivity index (χ0n) is 12.9. The molecule has 2 heterocycles. The van der Waals surface area contributed by atoms with Crippen LogP contribution in [0.25, 0.3) is 0 Å². The van der Waals surface area contributed by atoms with E-state index in [0.717, 1.165) is 31.5 Å². The summed E-state index contributed by atoms with van der Waals surface area (Å²) >= 11 is 0. The number of hydrogen-bond donors (Lipinski definition) is 1. The van der Waals surface area contributed by atoms with E-state index in [0.29, 0.717) is 5.92 Å². The highest BCUT2D eigenvalue weighted by molar-refractivity contribution is 5.83. The van der Waals surface area contributed by atoms with Crippen LogP contribution in [0.5, 0.6) is 0 Å². The van der Waals surface area contributed by atoms with E-state index in [2.05, 4.69) is 11.2 Å². The number of aromatic nitrogens is 2. The number of carbonyl (C=O) groups is 1. The minimum atomic E-state index is -0.561. The molecule has 1 aromatic heterocycles. The zero-order chi connectivity index (χ0) is 15.5. The Bertz CT molecular complexity index is 629. The molecule has 0 aliphatic carbocycles. The summed E-state index contributed by atoms with van der Waals surface area (Å²) in [7, 11) is 1.97. The Morgan fingerprint density at radius 2 is 1.91 bits per heavy atom. The predicted molar refractivity (Wildman–Crippen MR) is 85.1 cm³/mol. The molecule has 0 saturated carbocycles. The van der Waals surface area contributed by atoms with Crippen molar-refractivity contribution in [2.45, 2.75) is 24.8 Å². The first kappa shape index (κ1) is 14.8. The van der Waals surface area contributed by atoms with Gasteiger partial charge in [-0.3, -0.25) is 9.48 Å². The fourth-order valence-corrected chi connectivity index (χ4v) is 3.18. The Morgan fingerprint density at radius 3 is 2.50 bits per heavy atom. The van der Waals surface area contributed by atoms with E-state index in [1.165, 1.54) is 5.69 Å². The molecule has 0 bridgehead atoms. The van der Waals surface area contributed by atoms with Crippen molar-refractivity contribution >= 4 is 5.91 Å². The maximum absolute atomic E-state index is 12.5. The Morgan fingerprint density at radius 1 is 1.23 bits per heavy atom. The van der Waals surface area contributed by atoms with E-state index in [4.69, 9.17) is 5.73 Å². The maximum atomic E-state index is 12.5. The van der Waals surface area contributed by atoms with Crippen LogP contribution < -0.4 is 5.73 Å². The lowest BCUT2D eigenvalue weighted by molar-refractivity contribution is -0.133. The summed E-state index contributed by atoms with van der Waals surface area (Å²) in [6.07, 6.45) is 3.76. The molecule has 2 N–H and O–H groups in total. The number of nitrogens with zero attached hydrogens (tertiary/aromatic N) is 3. The number of aryl methyl sites for hydroxylation is 1. The van der Waals surface area contributed by atoms with Crippen molar-refractivity contribution in [2.75, 3.05) is 13.1 Å². The number of rotatable bonds is 3. The average Bonchev–Trinajstić information content (AvgIpc) is 3.00. The van der Waals surface area contributed by atoms with Gasteiger partial charge < -0.3 is 10.6 Å². The highest BCUT2D eigenvalue weighted by atomic mass is 16.2. The lowest BCUT2D eigenvalue weighted by Crippen LogP contribution is -2.43. The molecule has 1 aromatic carbocycles. The molecule has 22 heavy (non-hydrogen) atoms. The number of nitrogens with two attached hydrogens (primary N) is 1. The van der Waals surface area contributed by atoms with E-state index >= 15 is 0 Å². The van der Waals surface area contributed by atoms with Crippen molar-refractivity contribution in [3.63, 3.8) is 0 Å². The van der Waals surface area contributed by atoms with Crippen LogP contribution in [0.15, 0.2) is 42.6 Å². The topological polar surface area (TPSA) is 64.2 Å². The predicted octanol–water partition coefficient (Wildman–Crippen LogP) is 1.83. The average molecular weight is 298 g/mol. The molecule has 0 radical (unpaired) electrons. The Hall–Kier alpha value is -2.14. The third kappa shape index (κ3) is 2.90. The fourth-order valence-electron chi connectivity index (χ4n) is 3.18. The molecule has 1 saturated heterocycles. The van der Waals surface area contributed by atoms with Crippen molar-refractivity contribution in [1.29, 1.82) is 0 Å². The van der Waals surface area contributed by atoms with Crippen LogP contribution in [0, 0.1) is 0 Å². The van der Waals surface area contributed by atoms with Gasteiger partial charge in [-0.05, 0) is 24.5 Å². The summed E-state index contributed by atoms with van der Waals surface area (Å²) in [5.41, 5.74) is 8.24. The number of benzene rings is 1. The summed E-state index contributed by atoms with van der Waals surface area (Å²) in [4.78, 5) is 14.4. The summed E-state index contributed by atoms with van der Waals surface area (Å²) in [5.74, 6) is 0.499. The van der Waals surface area contributed by atoms with Gasteiger partial charge in [-0.15, -0.1) is 0 Å². The molecule has 5 heteroatoms. The molecule has 5 nitrogen and oxygen atoms in total. The quantitative estimate of drug-likeness (QED) is 0.940. The van der Waals surface area contributed by atoms with Gasteiger partial charge in [0.05, 0.1) is 0 Å². The van der Waals surface area contributed by atoms with Gasteiger partial charge in [0.15, 0.2) is 0 Å². The third-order valence-corrected chi connectivity index (χ3v) is 4.51. The highest BCUT2D eigenvalue weighted by Crippen LogP contribution is 2.28. The van der Waals surface area contributed by atoms with E-state index in [1.54, 1.807) is 0 Å². The van der Waals surface area contributed by atoms with Crippen LogP contribution in [0.2, 0.25) is 0 Å². The van der Waals surface area contributed by atoms with Gasteiger partial charge in [0, 0.05) is 37.9 Å². The van der Waals surface area contributed by atoms with Gasteiger partial charge in [-0.25, -0.2) is 0 Å². The minimum absolute atomic E-state index is 0.0228. The van der Waals surface area contributed by atoms with E-state index in [9.17, 15) is 4.79 Å². The Kier molecular flexibility index (Phi) is 4.24. The van der Waals surface area contributed by atoms with Crippen molar-refractivity contribution in [2.24, 2.45) is 12.8 Å². The second-order valence-corrected chi connectivity index (χ2v) is 5.87. The lowest BCUT2D eigenvalue weighted by atomic mass is 9.92. The van der Waals surface area contributed by atoms with Gasteiger partial charge in [-0.1, -0.05) is 30.3 Å². The first-order chi connectivity index (χ1) is 10.7. The van der Waals surface area contributed by atoms with Crippen LogP contribution in [0.4, 0.5) is 0 Å². The largest absolute Gasteiger partial charge is 0.341 e. The lowest BCUT2D eigenvalue weighted by Gasteiger charge is -2.33. The molecule has 1 aliphatic heterocycles. The molecule has 116 valence electrons. The van der Waals surface area contributed by atoms with Crippen molar-refractivity contribution < 1.29 is 4.79 Å². The normalized spacial score (nSPS) is 17.5. The molecule has 2 aromatic rings. The summed E-state index contributed by atoms with van der Waals surface area (Å²) in [6, 6.07) is 11.1. The second-order valence-electron chi connectivity index (χ2n) is 5.87. The first-order valence-electron chi connectivity index (χ1n) is 7.74. The Balaban J connectivity index is 1.61. The van der Waals surface area contributed by atoms with E-state index in [1.807, 2.05) is 53.2 Å². The van der Waals surface area contributed by atoms with Crippen molar-refractivity contribution in [3.8, 4) is 0 Å². The number of hydrogen-bond acceptors (Lipinski definition) is 3. The van der Waals surface area contributed by atoms with Gasteiger partial charge in [0.1, 0.15) is 6.04 Å². The maximum Gasteiger partial charge on any atom is 0.244 e. The molecular weight excluding hydrogens is 276 g/mol. The molecule has 1 atom stereocenters. The Labute approximate surface area is 130 Å². The second kappa shape index (κ2) is 6.32. The molecule has 0 spiro atoms. The first-order valence-corrected chi connectivity index (χ1v) is 7.74. The molecule has 1 aliphatic rings. The molecular formula is C17H22N4O. The fraction of sp³-hybridized carbons (Fsp3) is 0.412. The molecule has 1 fully saturated rings. The van der Waals surface area contributed by atoms with Gasteiger partial charge in [-0.2, -0.15) is 5.10 Å². The van der Waals surface area contributed by atoms with Crippen LogP contribution in [-0.2, 0) is 11.8 Å². The minimum Gasteiger partial charge on any atom is -0.341 e. The molecule has 1 amide bonds. The number of likely N-dealkylation sites (tertiary alicyclic amines) is 1. The van der Waals surface area contributed by atoms with Crippen LogP contribution in [0.1, 0.15) is 36.1 Å². The van der Waals surface area contributed by atoms with Gasteiger partial charge in [0.2, 0.25) is 5.91 Å². The van der Waals surface area contributed by atoms with Crippen LogP contribution in [-0.4, -0.2) is 33.7 Å². The molecule has 3 rings (SSSR count). The standard InChI is InChI=1S/C17H22N4O/c1-20-15(7-10-19-20)13-8-11-21(12-9-13)17(22)16(18)14-5-3-2-4-6-14/h2-7,10,13,16H,8-9,11-12,18H2,1H3/t16-/m0/s1. The van der Waals surface area contributed by atoms with E-state index < -0.39 is 6.04 Å².